The molecule has 1 aromatic heterocycles. The summed E-state index contributed by atoms with van der Waals surface area (Å²) in [5, 5.41) is 0.878. The fourth-order valence-electron chi connectivity index (χ4n) is 2.76. The van der Waals surface area contributed by atoms with E-state index in [9.17, 15) is 4.79 Å². The number of hydrogen-bond acceptors (Lipinski definition) is 3. The number of rotatable bonds is 7. The van der Waals surface area contributed by atoms with Gasteiger partial charge in [-0.2, -0.15) is 0 Å². The maximum Gasteiger partial charge on any atom is 0.237 e. The number of imidazole rings is 1. The number of thioether (sulfide) groups is 1. The molecule has 0 saturated heterocycles. The van der Waals surface area contributed by atoms with Crippen LogP contribution in [0.3, 0.4) is 0 Å². The van der Waals surface area contributed by atoms with Crippen LogP contribution in [0.25, 0.3) is 11.0 Å². The first-order chi connectivity index (χ1) is 12.2. The van der Waals surface area contributed by atoms with Crippen molar-refractivity contribution in [1.82, 2.24) is 9.55 Å². The average Bonchev–Trinajstić information content (AvgIpc) is 3.02. The van der Waals surface area contributed by atoms with E-state index >= 15 is 0 Å². The summed E-state index contributed by atoms with van der Waals surface area (Å²) in [6.07, 6.45) is 1.75. The van der Waals surface area contributed by atoms with Gasteiger partial charge in [0.2, 0.25) is 5.91 Å². The predicted octanol–water partition coefficient (Wildman–Crippen LogP) is 4.37. The zero-order valence-electron chi connectivity index (χ0n) is 14.3. The molecule has 0 aliphatic rings. The summed E-state index contributed by atoms with van der Waals surface area (Å²) < 4.78 is 2.15. The van der Waals surface area contributed by atoms with E-state index in [2.05, 4.69) is 29.1 Å². The number of fused-ring (bicyclic) bond motifs is 1. The van der Waals surface area contributed by atoms with Gasteiger partial charge in [-0.1, -0.05) is 48.2 Å². The third kappa shape index (κ3) is 3.77. The minimum Gasteiger partial charge on any atom is -0.319 e. The largest absolute Gasteiger partial charge is 0.319 e. The molecule has 0 unspecified atom stereocenters. The van der Waals surface area contributed by atoms with Gasteiger partial charge in [0, 0.05) is 18.8 Å². The molecule has 3 rings (SSSR count). The number of benzene rings is 2. The van der Waals surface area contributed by atoms with Gasteiger partial charge in [0.15, 0.2) is 5.16 Å². The molecule has 5 heteroatoms. The van der Waals surface area contributed by atoms with E-state index in [0.717, 1.165) is 28.4 Å². The van der Waals surface area contributed by atoms with Crippen molar-refractivity contribution in [2.75, 3.05) is 17.2 Å². The molecule has 0 fully saturated rings. The molecule has 1 amide bonds. The average molecular weight is 351 g/mol. The Morgan fingerprint density at radius 1 is 1.20 bits per heavy atom. The Bertz CT molecular complexity index is 873. The summed E-state index contributed by atoms with van der Waals surface area (Å²) in [5.41, 5.74) is 2.95. The zero-order chi connectivity index (χ0) is 17.6. The second-order valence-corrected chi connectivity index (χ2v) is 6.49. The second-order valence-electron chi connectivity index (χ2n) is 5.54. The number of nitrogens with zero attached hydrogens (tertiary/aromatic N) is 3. The number of hydrogen-bond donors (Lipinski definition) is 0. The first kappa shape index (κ1) is 17.3. The van der Waals surface area contributed by atoms with Crippen LogP contribution in [0.1, 0.15) is 6.92 Å². The van der Waals surface area contributed by atoms with Gasteiger partial charge in [-0.05, 0) is 31.2 Å². The van der Waals surface area contributed by atoms with Crippen molar-refractivity contribution in [3.63, 3.8) is 0 Å². The van der Waals surface area contributed by atoms with Crippen LogP contribution in [0, 0.1) is 0 Å². The van der Waals surface area contributed by atoms with Crippen molar-refractivity contribution in [2.45, 2.75) is 18.6 Å². The molecule has 0 N–H and O–H groups in total. The van der Waals surface area contributed by atoms with Crippen LogP contribution in [-0.4, -0.2) is 27.8 Å². The molecule has 0 aliphatic carbocycles. The summed E-state index contributed by atoms with van der Waals surface area (Å²) >= 11 is 1.48. The predicted molar refractivity (Wildman–Crippen MR) is 105 cm³/mol. The van der Waals surface area contributed by atoms with Crippen LogP contribution in [0.5, 0.6) is 0 Å². The Morgan fingerprint density at radius 2 is 1.92 bits per heavy atom. The molecule has 0 atom stereocenters. The molecule has 4 nitrogen and oxygen atoms in total. The summed E-state index contributed by atoms with van der Waals surface area (Å²) in [6.45, 7) is 7.18. The first-order valence-corrected chi connectivity index (χ1v) is 9.27. The summed E-state index contributed by atoms with van der Waals surface area (Å²) in [7, 11) is 0. The van der Waals surface area contributed by atoms with Crippen molar-refractivity contribution in [1.29, 1.82) is 0 Å². The van der Waals surface area contributed by atoms with Crippen LogP contribution in [0.4, 0.5) is 5.69 Å². The lowest BCUT2D eigenvalue weighted by Gasteiger charge is -2.21. The van der Waals surface area contributed by atoms with Gasteiger partial charge in [-0.15, -0.1) is 6.58 Å². The Labute approximate surface area is 152 Å². The molecule has 0 bridgehead atoms. The van der Waals surface area contributed by atoms with Crippen molar-refractivity contribution in [2.24, 2.45) is 0 Å². The highest BCUT2D eigenvalue weighted by Crippen LogP contribution is 2.25. The molecule has 25 heavy (non-hydrogen) atoms. The standard InChI is InChI=1S/C20H21N3OS/c1-3-14-23(16-10-6-5-7-11-16)19(24)15-25-20-21-17-12-8-9-13-18(17)22(20)4-2/h3,5-13H,1,4,14-15H2,2H3. The molecule has 2 aromatic carbocycles. The topological polar surface area (TPSA) is 38.1 Å². The SMILES string of the molecule is C=CCN(C(=O)CSc1nc2ccccc2n1CC)c1ccccc1. The monoisotopic (exact) mass is 351 g/mol. The lowest BCUT2D eigenvalue weighted by Crippen LogP contribution is -2.32. The normalized spacial score (nSPS) is 10.8. The minimum atomic E-state index is 0.0470. The van der Waals surface area contributed by atoms with Gasteiger partial charge < -0.3 is 9.47 Å². The van der Waals surface area contributed by atoms with Gasteiger partial charge in [-0.25, -0.2) is 4.98 Å². The number of carbonyl (C=O) groups is 1. The Morgan fingerprint density at radius 3 is 2.64 bits per heavy atom. The Hall–Kier alpha value is -2.53. The van der Waals surface area contributed by atoms with Gasteiger partial charge in [-0.3, -0.25) is 4.79 Å². The number of amides is 1. The quantitative estimate of drug-likeness (QED) is 0.469. The van der Waals surface area contributed by atoms with Crippen LogP contribution < -0.4 is 4.90 Å². The molecule has 0 saturated carbocycles. The molecule has 3 aromatic rings. The molecule has 128 valence electrons. The van der Waals surface area contributed by atoms with Crippen LogP contribution in [-0.2, 0) is 11.3 Å². The van der Waals surface area contributed by atoms with Gasteiger partial charge in [0.25, 0.3) is 0 Å². The van der Waals surface area contributed by atoms with E-state index in [4.69, 9.17) is 0 Å². The van der Waals surface area contributed by atoms with Crippen molar-refractivity contribution >= 4 is 34.4 Å². The summed E-state index contributed by atoms with van der Waals surface area (Å²) in [5.74, 6) is 0.386. The third-order valence-corrected chi connectivity index (χ3v) is 4.90. The number of carbonyl (C=O) groups excluding carboxylic acids is 1. The fourth-order valence-corrected chi connectivity index (χ4v) is 3.72. The highest BCUT2D eigenvalue weighted by Gasteiger charge is 2.17. The second kappa shape index (κ2) is 8.03. The molecule has 0 radical (unpaired) electrons. The lowest BCUT2D eigenvalue weighted by atomic mass is 10.3. The van der Waals surface area contributed by atoms with Gasteiger partial charge in [0.1, 0.15) is 0 Å². The maximum absolute atomic E-state index is 12.7. The van der Waals surface area contributed by atoms with E-state index in [-0.39, 0.29) is 5.91 Å². The Balaban J connectivity index is 1.78. The number of anilines is 1. The molecule has 1 heterocycles. The van der Waals surface area contributed by atoms with E-state index in [1.54, 1.807) is 11.0 Å². The minimum absolute atomic E-state index is 0.0470. The Kier molecular flexibility index (Phi) is 5.56. The molecular formula is C20H21N3OS. The first-order valence-electron chi connectivity index (χ1n) is 8.29. The number of para-hydroxylation sites is 3. The van der Waals surface area contributed by atoms with Crippen molar-refractivity contribution < 1.29 is 4.79 Å². The molecular weight excluding hydrogens is 330 g/mol. The van der Waals surface area contributed by atoms with Crippen molar-refractivity contribution in [3.05, 3.63) is 67.3 Å². The number of aromatic nitrogens is 2. The smallest absolute Gasteiger partial charge is 0.237 e. The highest BCUT2D eigenvalue weighted by atomic mass is 32.2. The molecule has 0 spiro atoms. The highest BCUT2D eigenvalue weighted by molar-refractivity contribution is 7.99. The fraction of sp³-hybridized carbons (Fsp3) is 0.200. The lowest BCUT2D eigenvalue weighted by molar-refractivity contribution is -0.116. The van der Waals surface area contributed by atoms with E-state index in [1.165, 1.54) is 11.8 Å². The van der Waals surface area contributed by atoms with E-state index < -0.39 is 0 Å². The van der Waals surface area contributed by atoms with Gasteiger partial charge in [0.05, 0.1) is 16.8 Å². The van der Waals surface area contributed by atoms with Crippen molar-refractivity contribution in [3.8, 4) is 0 Å². The van der Waals surface area contributed by atoms with E-state index in [0.29, 0.717) is 12.3 Å². The molecule has 0 aliphatic heterocycles. The zero-order valence-corrected chi connectivity index (χ0v) is 15.1. The summed E-state index contributed by atoms with van der Waals surface area (Å²) in [6, 6.07) is 17.7. The maximum atomic E-state index is 12.7. The van der Waals surface area contributed by atoms with Crippen LogP contribution in [0.2, 0.25) is 0 Å². The number of aryl methyl sites for hydroxylation is 1. The third-order valence-electron chi connectivity index (χ3n) is 3.94. The van der Waals surface area contributed by atoms with E-state index in [1.807, 2.05) is 48.5 Å². The van der Waals surface area contributed by atoms with Crippen LogP contribution in [0.15, 0.2) is 72.4 Å². The van der Waals surface area contributed by atoms with Crippen LogP contribution >= 0.6 is 11.8 Å². The van der Waals surface area contributed by atoms with Gasteiger partial charge >= 0.3 is 0 Å². The summed E-state index contributed by atoms with van der Waals surface area (Å²) in [4.78, 5) is 19.2.